The van der Waals surface area contributed by atoms with Crippen molar-refractivity contribution in [3.63, 3.8) is 0 Å². The summed E-state index contributed by atoms with van der Waals surface area (Å²) in [6, 6.07) is 5.90. The SMILES string of the molecule is C[C@H]1Cc2ccc(OCC[N+](C)(C)C)cc2C1=O. The number of nitrogens with zero attached hydrogens (tertiary/aromatic N) is 1. The lowest BCUT2D eigenvalue weighted by atomic mass is 10.1. The van der Waals surface area contributed by atoms with E-state index in [1.807, 2.05) is 25.1 Å². The molecule has 98 valence electrons. The van der Waals surface area contributed by atoms with E-state index in [1.54, 1.807) is 0 Å². The topological polar surface area (TPSA) is 26.3 Å². The number of benzene rings is 1. The summed E-state index contributed by atoms with van der Waals surface area (Å²) >= 11 is 0. The van der Waals surface area contributed by atoms with E-state index in [9.17, 15) is 4.79 Å². The van der Waals surface area contributed by atoms with E-state index in [2.05, 4.69) is 21.1 Å². The molecule has 0 bridgehead atoms. The average molecular weight is 248 g/mol. The third kappa shape index (κ3) is 2.91. The number of Topliss-reactive ketones (excluding diaryl/α,β-unsaturated/α-hetero) is 1. The third-order valence-corrected chi connectivity index (χ3v) is 3.35. The maximum absolute atomic E-state index is 11.9. The Hall–Kier alpha value is -1.35. The van der Waals surface area contributed by atoms with Crippen LogP contribution in [0.2, 0.25) is 0 Å². The van der Waals surface area contributed by atoms with Gasteiger partial charge in [-0.15, -0.1) is 0 Å². The van der Waals surface area contributed by atoms with Crippen LogP contribution in [0.15, 0.2) is 18.2 Å². The van der Waals surface area contributed by atoms with Gasteiger partial charge in [0.05, 0.1) is 21.1 Å². The number of ether oxygens (including phenoxy) is 1. The third-order valence-electron chi connectivity index (χ3n) is 3.35. The van der Waals surface area contributed by atoms with Crippen LogP contribution in [0.4, 0.5) is 0 Å². The van der Waals surface area contributed by atoms with Crippen molar-refractivity contribution in [3.8, 4) is 5.75 Å². The Morgan fingerprint density at radius 2 is 2.06 bits per heavy atom. The van der Waals surface area contributed by atoms with Gasteiger partial charge in [0.15, 0.2) is 5.78 Å². The predicted octanol–water partition coefficient (Wildman–Crippen LogP) is 2.15. The summed E-state index contributed by atoms with van der Waals surface area (Å²) in [5.74, 6) is 1.19. The summed E-state index contributed by atoms with van der Waals surface area (Å²) in [6.45, 7) is 3.60. The summed E-state index contributed by atoms with van der Waals surface area (Å²) in [7, 11) is 6.41. The van der Waals surface area contributed by atoms with Crippen LogP contribution in [0.1, 0.15) is 22.8 Å². The number of hydrogen-bond donors (Lipinski definition) is 0. The largest absolute Gasteiger partial charge is 0.488 e. The number of carbonyl (C=O) groups excluding carboxylic acids is 1. The van der Waals surface area contributed by atoms with Crippen molar-refractivity contribution >= 4 is 5.78 Å². The fourth-order valence-electron chi connectivity index (χ4n) is 2.18. The molecule has 3 heteroatoms. The Balaban J connectivity index is 2.02. The zero-order chi connectivity index (χ0) is 13.3. The first-order chi connectivity index (χ1) is 8.37. The van der Waals surface area contributed by atoms with Crippen molar-refractivity contribution in [2.45, 2.75) is 13.3 Å². The van der Waals surface area contributed by atoms with Crippen LogP contribution in [0.5, 0.6) is 5.75 Å². The first-order valence-electron chi connectivity index (χ1n) is 6.47. The highest BCUT2D eigenvalue weighted by molar-refractivity contribution is 6.02. The van der Waals surface area contributed by atoms with Gasteiger partial charge in [0.2, 0.25) is 0 Å². The molecule has 1 atom stereocenters. The Morgan fingerprint density at radius 3 is 2.72 bits per heavy atom. The molecule has 2 rings (SSSR count). The molecule has 0 aliphatic heterocycles. The van der Waals surface area contributed by atoms with Crippen LogP contribution < -0.4 is 4.74 Å². The van der Waals surface area contributed by atoms with Crippen LogP contribution in [-0.2, 0) is 6.42 Å². The lowest BCUT2D eigenvalue weighted by Gasteiger charge is -2.23. The highest BCUT2D eigenvalue weighted by Crippen LogP contribution is 2.29. The maximum Gasteiger partial charge on any atom is 0.166 e. The molecule has 0 saturated carbocycles. The maximum atomic E-state index is 11.9. The van der Waals surface area contributed by atoms with E-state index in [4.69, 9.17) is 4.74 Å². The van der Waals surface area contributed by atoms with Crippen LogP contribution in [0, 0.1) is 5.92 Å². The van der Waals surface area contributed by atoms with Crippen molar-refractivity contribution in [2.75, 3.05) is 34.3 Å². The first kappa shape index (κ1) is 13.1. The molecule has 0 radical (unpaired) electrons. The summed E-state index contributed by atoms with van der Waals surface area (Å²) in [4.78, 5) is 11.9. The van der Waals surface area contributed by atoms with Gasteiger partial charge in [-0.3, -0.25) is 4.79 Å². The Labute approximate surface area is 109 Å². The minimum atomic E-state index is 0.126. The fraction of sp³-hybridized carbons (Fsp3) is 0.533. The Kier molecular flexibility index (Phi) is 3.44. The summed E-state index contributed by atoms with van der Waals surface area (Å²) in [6.07, 6.45) is 0.868. The summed E-state index contributed by atoms with van der Waals surface area (Å²) in [5.41, 5.74) is 2.01. The molecule has 0 fully saturated rings. The molecule has 3 nitrogen and oxygen atoms in total. The van der Waals surface area contributed by atoms with Crippen molar-refractivity contribution in [1.82, 2.24) is 0 Å². The van der Waals surface area contributed by atoms with E-state index >= 15 is 0 Å². The summed E-state index contributed by atoms with van der Waals surface area (Å²) in [5, 5.41) is 0. The first-order valence-corrected chi connectivity index (χ1v) is 6.47. The van der Waals surface area contributed by atoms with Crippen LogP contribution >= 0.6 is 0 Å². The minimum absolute atomic E-state index is 0.126. The molecule has 18 heavy (non-hydrogen) atoms. The zero-order valence-electron chi connectivity index (χ0n) is 11.7. The molecular weight excluding hydrogens is 226 g/mol. The van der Waals surface area contributed by atoms with Gasteiger partial charge in [0.25, 0.3) is 0 Å². The molecule has 0 aromatic heterocycles. The number of quaternary nitrogens is 1. The highest BCUT2D eigenvalue weighted by atomic mass is 16.5. The van der Waals surface area contributed by atoms with E-state index in [0.29, 0.717) is 6.61 Å². The standard InChI is InChI=1S/C15H22NO2/c1-11-9-12-5-6-13(10-14(12)15(11)17)18-8-7-16(2,3)4/h5-6,10-11H,7-9H2,1-4H3/q+1/t11-/m0/s1. The number of hydrogen-bond acceptors (Lipinski definition) is 2. The van der Waals surface area contributed by atoms with Crippen molar-refractivity contribution < 1.29 is 14.0 Å². The van der Waals surface area contributed by atoms with E-state index < -0.39 is 0 Å². The number of likely N-dealkylation sites (N-methyl/N-ethyl adjacent to an activating group) is 1. The van der Waals surface area contributed by atoms with Gasteiger partial charge >= 0.3 is 0 Å². The smallest absolute Gasteiger partial charge is 0.166 e. The molecule has 0 N–H and O–H groups in total. The molecule has 1 aliphatic carbocycles. The van der Waals surface area contributed by atoms with Gasteiger partial charge in [0, 0.05) is 11.5 Å². The van der Waals surface area contributed by atoms with Crippen molar-refractivity contribution in [3.05, 3.63) is 29.3 Å². The Morgan fingerprint density at radius 1 is 1.33 bits per heavy atom. The quantitative estimate of drug-likeness (QED) is 0.763. The zero-order valence-corrected chi connectivity index (χ0v) is 11.7. The van der Waals surface area contributed by atoms with E-state index in [-0.39, 0.29) is 11.7 Å². The van der Waals surface area contributed by atoms with Gasteiger partial charge in [-0.05, 0) is 24.1 Å². The Bertz CT molecular complexity index is 460. The van der Waals surface area contributed by atoms with E-state index in [1.165, 1.54) is 0 Å². The number of carbonyl (C=O) groups is 1. The molecule has 0 amide bonds. The summed E-state index contributed by atoms with van der Waals surface area (Å²) < 4.78 is 6.60. The molecule has 0 unspecified atom stereocenters. The van der Waals surface area contributed by atoms with Crippen LogP contribution in [0.3, 0.4) is 0 Å². The number of fused-ring (bicyclic) bond motifs is 1. The number of rotatable bonds is 4. The molecule has 1 aromatic rings. The second-order valence-electron chi connectivity index (χ2n) is 6.15. The lowest BCUT2D eigenvalue weighted by molar-refractivity contribution is -0.870. The predicted molar refractivity (Wildman–Crippen MR) is 72.0 cm³/mol. The van der Waals surface area contributed by atoms with Gasteiger partial charge in [0.1, 0.15) is 18.9 Å². The molecule has 1 aliphatic rings. The second kappa shape index (κ2) is 4.73. The molecule has 1 aromatic carbocycles. The van der Waals surface area contributed by atoms with E-state index in [0.717, 1.165) is 34.3 Å². The normalized spacial score (nSPS) is 18.9. The second-order valence-corrected chi connectivity index (χ2v) is 6.15. The van der Waals surface area contributed by atoms with Crippen molar-refractivity contribution in [1.29, 1.82) is 0 Å². The molecule has 0 spiro atoms. The van der Waals surface area contributed by atoms with Gasteiger partial charge in [-0.25, -0.2) is 0 Å². The molecular formula is C15H22NO2+. The van der Waals surface area contributed by atoms with Gasteiger partial charge < -0.3 is 9.22 Å². The fourth-order valence-corrected chi connectivity index (χ4v) is 2.18. The lowest BCUT2D eigenvalue weighted by Crippen LogP contribution is -2.38. The molecule has 0 saturated heterocycles. The van der Waals surface area contributed by atoms with Gasteiger partial charge in [-0.1, -0.05) is 13.0 Å². The van der Waals surface area contributed by atoms with Gasteiger partial charge in [-0.2, -0.15) is 0 Å². The average Bonchev–Trinajstić information content (AvgIpc) is 2.54. The molecule has 0 heterocycles. The van der Waals surface area contributed by atoms with Crippen LogP contribution in [-0.4, -0.2) is 44.6 Å². The van der Waals surface area contributed by atoms with Crippen LogP contribution in [0.25, 0.3) is 0 Å². The monoisotopic (exact) mass is 248 g/mol. The number of ketones is 1. The van der Waals surface area contributed by atoms with Crippen molar-refractivity contribution in [2.24, 2.45) is 5.92 Å². The minimum Gasteiger partial charge on any atom is -0.488 e. The highest BCUT2D eigenvalue weighted by Gasteiger charge is 2.27.